The lowest BCUT2D eigenvalue weighted by Gasteiger charge is -2.11. The first-order chi connectivity index (χ1) is 4.52. The maximum Gasteiger partial charge on any atom is 0.169 e. The van der Waals surface area contributed by atoms with E-state index in [2.05, 4.69) is 10.2 Å². The van der Waals surface area contributed by atoms with Gasteiger partial charge >= 0.3 is 0 Å². The molecule has 0 saturated carbocycles. The highest BCUT2D eigenvalue weighted by Gasteiger charge is 2.23. The van der Waals surface area contributed by atoms with E-state index in [1.54, 1.807) is 11.6 Å². The highest BCUT2D eigenvalue weighted by molar-refractivity contribution is 4.96. The van der Waals surface area contributed by atoms with E-state index >= 15 is 0 Å². The molecule has 10 heavy (non-hydrogen) atoms. The van der Waals surface area contributed by atoms with Crippen molar-refractivity contribution in [3.05, 3.63) is 12.2 Å². The molecule has 1 aromatic rings. The Bertz CT molecular complexity index is 223. The Labute approximate surface area is 58.9 Å². The van der Waals surface area contributed by atoms with Crippen LogP contribution in [0.5, 0.6) is 0 Å². The zero-order valence-electron chi connectivity index (χ0n) is 6.30. The second-order valence-corrected chi connectivity index (χ2v) is 2.74. The van der Waals surface area contributed by atoms with E-state index in [9.17, 15) is 4.39 Å². The summed E-state index contributed by atoms with van der Waals surface area (Å²) in [5, 5.41) is 7.19. The van der Waals surface area contributed by atoms with Crippen molar-refractivity contribution >= 4 is 0 Å². The SMILES string of the molecule is Cn1cnnc1C(C)(C)F. The Balaban J connectivity index is 3.05. The van der Waals surface area contributed by atoms with E-state index in [0.717, 1.165) is 0 Å². The van der Waals surface area contributed by atoms with Crippen molar-refractivity contribution in [2.45, 2.75) is 19.5 Å². The van der Waals surface area contributed by atoms with Gasteiger partial charge in [0.05, 0.1) is 0 Å². The van der Waals surface area contributed by atoms with Gasteiger partial charge in [0.2, 0.25) is 0 Å². The molecule has 0 radical (unpaired) electrons. The van der Waals surface area contributed by atoms with Crippen molar-refractivity contribution in [1.29, 1.82) is 0 Å². The second-order valence-electron chi connectivity index (χ2n) is 2.74. The molecular formula is C6H10FN3. The molecular weight excluding hydrogens is 133 g/mol. The minimum atomic E-state index is -1.40. The van der Waals surface area contributed by atoms with Crippen LogP contribution in [0.3, 0.4) is 0 Å². The fourth-order valence-corrected chi connectivity index (χ4v) is 0.821. The van der Waals surface area contributed by atoms with Crippen LogP contribution >= 0.6 is 0 Å². The van der Waals surface area contributed by atoms with Crippen molar-refractivity contribution in [3.63, 3.8) is 0 Å². The fraction of sp³-hybridized carbons (Fsp3) is 0.667. The van der Waals surface area contributed by atoms with E-state index in [1.165, 1.54) is 20.2 Å². The number of aryl methyl sites for hydroxylation is 1. The van der Waals surface area contributed by atoms with E-state index in [1.807, 2.05) is 0 Å². The van der Waals surface area contributed by atoms with Gasteiger partial charge in [-0.05, 0) is 13.8 Å². The number of rotatable bonds is 1. The van der Waals surface area contributed by atoms with Crippen LogP contribution in [-0.4, -0.2) is 14.8 Å². The van der Waals surface area contributed by atoms with Crippen LogP contribution < -0.4 is 0 Å². The largest absolute Gasteiger partial charge is 0.318 e. The Morgan fingerprint density at radius 2 is 2.20 bits per heavy atom. The summed E-state index contributed by atoms with van der Waals surface area (Å²) in [5.41, 5.74) is -1.40. The average molecular weight is 143 g/mol. The Kier molecular flexibility index (Phi) is 1.46. The monoisotopic (exact) mass is 143 g/mol. The first kappa shape index (κ1) is 7.18. The average Bonchev–Trinajstić information content (AvgIpc) is 2.11. The van der Waals surface area contributed by atoms with Crippen molar-refractivity contribution in [3.8, 4) is 0 Å². The third-order valence-corrected chi connectivity index (χ3v) is 1.24. The smallest absolute Gasteiger partial charge is 0.169 e. The first-order valence-electron chi connectivity index (χ1n) is 3.05. The van der Waals surface area contributed by atoms with Gasteiger partial charge in [0.15, 0.2) is 11.5 Å². The van der Waals surface area contributed by atoms with Gasteiger partial charge in [-0.3, -0.25) is 0 Å². The molecule has 1 rings (SSSR count). The molecule has 0 amide bonds. The Morgan fingerprint density at radius 3 is 2.40 bits per heavy atom. The summed E-state index contributed by atoms with van der Waals surface area (Å²) in [6.07, 6.45) is 1.48. The van der Waals surface area contributed by atoms with Gasteiger partial charge in [0.1, 0.15) is 6.33 Å². The summed E-state index contributed by atoms with van der Waals surface area (Å²) in [5.74, 6) is 0.354. The summed E-state index contributed by atoms with van der Waals surface area (Å²) in [4.78, 5) is 0. The van der Waals surface area contributed by atoms with Gasteiger partial charge < -0.3 is 4.57 Å². The third kappa shape index (κ3) is 1.15. The molecule has 0 spiro atoms. The Morgan fingerprint density at radius 1 is 1.60 bits per heavy atom. The first-order valence-corrected chi connectivity index (χ1v) is 3.05. The Hall–Kier alpha value is -0.930. The molecule has 0 N–H and O–H groups in total. The van der Waals surface area contributed by atoms with Crippen LogP contribution in [-0.2, 0) is 12.7 Å². The minimum Gasteiger partial charge on any atom is -0.318 e. The summed E-state index contributed by atoms with van der Waals surface area (Å²) < 4.78 is 14.7. The van der Waals surface area contributed by atoms with Crippen LogP contribution in [0, 0.1) is 0 Å². The number of nitrogens with zero attached hydrogens (tertiary/aromatic N) is 3. The molecule has 0 unspecified atom stereocenters. The summed E-state index contributed by atoms with van der Waals surface area (Å²) in [7, 11) is 1.72. The summed E-state index contributed by atoms with van der Waals surface area (Å²) in [6.45, 7) is 2.91. The molecule has 4 heteroatoms. The molecule has 0 aliphatic rings. The van der Waals surface area contributed by atoms with Gasteiger partial charge in [-0.2, -0.15) is 0 Å². The van der Waals surface area contributed by atoms with E-state index in [0.29, 0.717) is 5.82 Å². The highest BCUT2D eigenvalue weighted by atomic mass is 19.1. The van der Waals surface area contributed by atoms with E-state index < -0.39 is 5.67 Å². The molecule has 0 fully saturated rings. The standard InChI is InChI=1S/C6H10FN3/c1-6(2,7)5-9-8-4-10(5)3/h4H,1-3H3. The summed E-state index contributed by atoms with van der Waals surface area (Å²) in [6, 6.07) is 0. The van der Waals surface area contributed by atoms with Crippen LogP contribution in [0.4, 0.5) is 4.39 Å². The molecule has 0 aliphatic carbocycles. The van der Waals surface area contributed by atoms with Gasteiger partial charge in [0.25, 0.3) is 0 Å². The topological polar surface area (TPSA) is 30.7 Å². The number of hydrogen-bond acceptors (Lipinski definition) is 2. The molecule has 3 nitrogen and oxygen atoms in total. The van der Waals surface area contributed by atoms with E-state index in [-0.39, 0.29) is 0 Å². The van der Waals surface area contributed by atoms with Gasteiger partial charge in [-0.1, -0.05) is 0 Å². The molecule has 0 aliphatic heterocycles. The van der Waals surface area contributed by atoms with Crippen LogP contribution in [0.2, 0.25) is 0 Å². The zero-order valence-corrected chi connectivity index (χ0v) is 6.30. The predicted octanol–water partition coefficient (Wildman–Crippen LogP) is 1.02. The molecule has 0 bridgehead atoms. The highest BCUT2D eigenvalue weighted by Crippen LogP contribution is 2.20. The fourth-order valence-electron chi connectivity index (χ4n) is 0.821. The normalized spacial score (nSPS) is 12.0. The maximum atomic E-state index is 13.1. The lowest BCUT2D eigenvalue weighted by Crippen LogP contribution is -2.15. The molecule has 56 valence electrons. The second kappa shape index (κ2) is 2.04. The molecule has 1 heterocycles. The van der Waals surface area contributed by atoms with Crippen molar-refractivity contribution in [2.75, 3.05) is 0 Å². The van der Waals surface area contributed by atoms with Crippen molar-refractivity contribution in [1.82, 2.24) is 14.8 Å². The van der Waals surface area contributed by atoms with Gasteiger partial charge in [-0.25, -0.2) is 4.39 Å². The molecule has 0 atom stereocenters. The number of halogens is 1. The maximum absolute atomic E-state index is 13.1. The summed E-state index contributed by atoms with van der Waals surface area (Å²) >= 11 is 0. The lowest BCUT2D eigenvalue weighted by atomic mass is 10.1. The number of alkyl halides is 1. The number of aromatic nitrogens is 3. The molecule has 1 aromatic heterocycles. The van der Waals surface area contributed by atoms with E-state index in [4.69, 9.17) is 0 Å². The van der Waals surface area contributed by atoms with Crippen LogP contribution in [0.15, 0.2) is 6.33 Å². The molecule has 0 saturated heterocycles. The van der Waals surface area contributed by atoms with Crippen molar-refractivity contribution < 1.29 is 4.39 Å². The predicted molar refractivity (Wildman–Crippen MR) is 35.1 cm³/mol. The quantitative estimate of drug-likeness (QED) is 0.587. The van der Waals surface area contributed by atoms with Crippen LogP contribution in [0.25, 0.3) is 0 Å². The minimum absolute atomic E-state index is 0.354. The van der Waals surface area contributed by atoms with Gasteiger partial charge in [0, 0.05) is 7.05 Å². The van der Waals surface area contributed by atoms with Gasteiger partial charge in [-0.15, -0.1) is 10.2 Å². The zero-order chi connectivity index (χ0) is 7.78. The third-order valence-electron chi connectivity index (χ3n) is 1.24. The molecule has 0 aromatic carbocycles. The van der Waals surface area contributed by atoms with Crippen molar-refractivity contribution in [2.24, 2.45) is 7.05 Å². The van der Waals surface area contributed by atoms with Crippen LogP contribution in [0.1, 0.15) is 19.7 Å². The number of hydrogen-bond donors (Lipinski definition) is 0. The lowest BCUT2D eigenvalue weighted by molar-refractivity contribution is 0.201.